The first-order valence-electron chi connectivity index (χ1n) is 1.39. The molecule has 0 radical (unpaired) electrons. The number of nitrogen functional groups attached to an aromatic ring is 1. The first-order chi connectivity index (χ1) is 2.89. The summed E-state index contributed by atoms with van der Waals surface area (Å²) in [5.74, 6) is 0.245. The van der Waals surface area contributed by atoms with Crippen LogP contribution in [0.4, 0.5) is 5.95 Å². The van der Waals surface area contributed by atoms with Gasteiger partial charge in [0, 0.05) is 0 Å². The van der Waals surface area contributed by atoms with Crippen molar-refractivity contribution in [2.45, 2.75) is 0 Å². The molecule has 8 heavy (non-hydrogen) atoms. The molecule has 7 heteroatoms. The number of H-pyrrole nitrogens is 1. The third-order valence-electron chi connectivity index (χ3n) is 0.362. The maximum Gasteiger partial charge on any atom is 1.00 e. The number of halogens is 1. The van der Waals surface area contributed by atoms with E-state index in [0.29, 0.717) is 0 Å². The zero-order valence-corrected chi connectivity index (χ0v) is 7.05. The molecule has 0 amide bonds. The molecule has 0 fully saturated rings. The maximum absolute atomic E-state index is 4.99. The van der Waals surface area contributed by atoms with Crippen molar-refractivity contribution in [1.29, 1.82) is 0 Å². The molecule has 0 aliphatic rings. The number of aromatic amines is 1. The Balaban J connectivity index is 0. The zero-order chi connectivity index (χ0) is 4.41. The van der Waals surface area contributed by atoms with Gasteiger partial charge in [-0.25, -0.2) is 5.10 Å². The molecule has 0 atom stereocenters. The van der Waals surface area contributed by atoms with E-state index in [2.05, 4.69) is 20.6 Å². The Morgan fingerprint density at radius 1 is 1.50 bits per heavy atom. The summed E-state index contributed by atoms with van der Waals surface area (Å²) in [4.78, 5) is 0. The average Bonchev–Trinajstić information content (AvgIpc) is 1.86. The summed E-state index contributed by atoms with van der Waals surface area (Å²) in [5.41, 5.74) is 4.99. The van der Waals surface area contributed by atoms with Crippen LogP contribution in [0.15, 0.2) is 0 Å². The number of nitrogens with one attached hydrogen (secondary N) is 1. The van der Waals surface area contributed by atoms with Crippen LogP contribution < -0.4 is 47.7 Å². The molecule has 0 spiro atoms. The molecule has 0 aliphatic carbocycles. The van der Waals surface area contributed by atoms with Gasteiger partial charge in [0.2, 0.25) is 5.95 Å². The largest absolute Gasteiger partial charge is 1.00 e. The Morgan fingerprint density at radius 2 is 2.12 bits per heavy atom. The summed E-state index contributed by atoms with van der Waals surface area (Å²) < 4.78 is 0. The molecule has 1 aromatic heterocycles. The standard InChI is InChI=1S/CH3N5.ClH.Na/c2-1-3-5-6-4-1;;/h(H3,2,3,4,5,6);1H;/q;;+1/p-1. The maximum atomic E-state index is 4.99. The van der Waals surface area contributed by atoms with Gasteiger partial charge in [-0.05, 0) is 10.4 Å². The van der Waals surface area contributed by atoms with Gasteiger partial charge in [0.25, 0.3) is 0 Å². The predicted octanol–water partition coefficient (Wildman–Crippen LogP) is -7.21. The Kier molecular flexibility index (Phi) is 7.30. The zero-order valence-electron chi connectivity index (χ0n) is 4.30. The molecule has 3 N–H and O–H groups in total. The molecule has 0 aromatic carbocycles. The molecule has 0 saturated carbocycles. The van der Waals surface area contributed by atoms with E-state index in [1.807, 2.05) is 0 Å². The van der Waals surface area contributed by atoms with Crippen molar-refractivity contribution in [3.63, 3.8) is 0 Å². The van der Waals surface area contributed by atoms with E-state index in [-0.39, 0.29) is 47.9 Å². The van der Waals surface area contributed by atoms with Gasteiger partial charge in [0.05, 0.1) is 0 Å². The minimum Gasteiger partial charge on any atom is -1.00 e. The molecule has 0 aliphatic heterocycles. The Bertz CT molecular complexity index is 116. The van der Waals surface area contributed by atoms with Gasteiger partial charge < -0.3 is 18.1 Å². The van der Waals surface area contributed by atoms with E-state index in [4.69, 9.17) is 5.73 Å². The number of hydrogen-bond acceptors (Lipinski definition) is 4. The number of nitrogens with zero attached hydrogens (tertiary/aromatic N) is 3. The van der Waals surface area contributed by atoms with Crippen LogP contribution in [-0.2, 0) is 0 Å². The Morgan fingerprint density at radius 3 is 2.25 bits per heavy atom. The molecule has 1 aromatic rings. The van der Waals surface area contributed by atoms with E-state index in [1.54, 1.807) is 0 Å². The quantitative estimate of drug-likeness (QED) is 0.354. The summed E-state index contributed by atoms with van der Waals surface area (Å²) in [6, 6.07) is 0. The third kappa shape index (κ3) is 3.20. The number of anilines is 1. The summed E-state index contributed by atoms with van der Waals surface area (Å²) >= 11 is 0. The van der Waals surface area contributed by atoms with Crippen molar-refractivity contribution < 1.29 is 42.0 Å². The third-order valence-corrected chi connectivity index (χ3v) is 0.362. The summed E-state index contributed by atoms with van der Waals surface area (Å²) in [7, 11) is 0. The van der Waals surface area contributed by atoms with Crippen molar-refractivity contribution in [3.8, 4) is 0 Å². The van der Waals surface area contributed by atoms with Crippen LogP contribution in [0.1, 0.15) is 0 Å². The first kappa shape index (κ1) is 11.0. The van der Waals surface area contributed by atoms with Crippen LogP contribution in [0.3, 0.4) is 0 Å². The molecule has 1 heterocycles. The van der Waals surface area contributed by atoms with Gasteiger partial charge in [0.1, 0.15) is 0 Å². The summed E-state index contributed by atoms with van der Waals surface area (Å²) in [6.45, 7) is 0. The minimum atomic E-state index is 0. The fraction of sp³-hybridized carbons (Fsp3) is 0. The fourth-order valence-electron chi connectivity index (χ4n) is 0.166. The van der Waals surface area contributed by atoms with Gasteiger partial charge in [-0.3, -0.25) is 0 Å². The molecule has 1 rings (SSSR count). The number of hydrogen-bond donors (Lipinski definition) is 2. The molecule has 0 bridgehead atoms. The van der Waals surface area contributed by atoms with Crippen molar-refractivity contribution in [3.05, 3.63) is 0 Å². The van der Waals surface area contributed by atoms with Crippen LogP contribution in [0.5, 0.6) is 0 Å². The van der Waals surface area contributed by atoms with Crippen molar-refractivity contribution in [2.24, 2.45) is 0 Å². The minimum absolute atomic E-state index is 0. The fourth-order valence-corrected chi connectivity index (χ4v) is 0.166. The van der Waals surface area contributed by atoms with Gasteiger partial charge in [-0.15, -0.1) is 0 Å². The molecular formula is CH3ClN5Na. The van der Waals surface area contributed by atoms with Crippen LogP contribution in [0.2, 0.25) is 0 Å². The smallest absolute Gasteiger partial charge is 1.00 e. The molecular weight excluding hydrogens is 140 g/mol. The monoisotopic (exact) mass is 143 g/mol. The van der Waals surface area contributed by atoms with Crippen molar-refractivity contribution in [1.82, 2.24) is 20.6 Å². The summed E-state index contributed by atoms with van der Waals surface area (Å²) in [6.07, 6.45) is 0. The van der Waals surface area contributed by atoms with E-state index in [9.17, 15) is 0 Å². The Labute approximate surface area is 74.1 Å². The number of tetrazole rings is 1. The average molecular weight is 144 g/mol. The number of aromatic nitrogens is 4. The van der Waals surface area contributed by atoms with Gasteiger partial charge in [-0.2, -0.15) is 0 Å². The summed E-state index contributed by atoms with van der Waals surface area (Å²) in [5, 5.41) is 11.9. The normalized spacial score (nSPS) is 6.50. The Hall–Kier alpha value is 0.160. The molecule has 0 saturated heterocycles. The van der Waals surface area contributed by atoms with E-state index in [0.717, 1.165) is 0 Å². The van der Waals surface area contributed by atoms with E-state index >= 15 is 0 Å². The second-order valence-corrected chi connectivity index (χ2v) is 0.786. The van der Waals surface area contributed by atoms with Crippen LogP contribution >= 0.6 is 0 Å². The molecule has 5 nitrogen and oxygen atoms in total. The van der Waals surface area contributed by atoms with Crippen LogP contribution in [0.25, 0.3) is 0 Å². The van der Waals surface area contributed by atoms with Gasteiger partial charge in [-0.1, -0.05) is 5.10 Å². The number of nitrogens with two attached hydrogens (primary N) is 1. The van der Waals surface area contributed by atoms with Crippen molar-refractivity contribution >= 4 is 5.95 Å². The van der Waals surface area contributed by atoms with Gasteiger partial charge in [0.15, 0.2) is 0 Å². The second kappa shape index (κ2) is 5.30. The van der Waals surface area contributed by atoms with E-state index in [1.165, 1.54) is 0 Å². The molecule has 0 unspecified atom stereocenters. The van der Waals surface area contributed by atoms with Gasteiger partial charge >= 0.3 is 29.6 Å². The van der Waals surface area contributed by atoms with Crippen LogP contribution in [0, 0.1) is 0 Å². The van der Waals surface area contributed by atoms with Crippen LogP contribution in [-0.4, -0.2) is 20.6 Å². The topological polar surface area (TPSA) is 80.5 Å². The predicted molar refractivity (Wildman–Crippen MR) is 18.6 cm³/mol. The molecule has 40 valence electrons. The second-order valence-electron chi connectivity index (χ2n) is 0.786. The van der Waals surface area contributed by atoms with E-state index < -0.39 is 0 Å². The number of rotatable bonds is 0. The SMILES string of the molecule is Nc1nnn[nH]1.[Cl-].[Na+]. The first-order valence-corrected chi connectivity index (χ1v) is 1.39. The van der Waals surface area contributed by atoms with Crippen molar-refractivity contribution in [2.75, 3.05) is 5.73 Å².